The largest absolute Gasteiger partial charge is 0.340 e. The fourth-order valence-corrected chi connectivity index (χ4v) is 2.08. The average molecular weight is 212 g/mol. The summed E-state index contributed by atoms with van der Waals surface area (Å²) in [6, 6.07) is 0.584. The van der Waals surface area contributed by atoms with Gasteiger partial charge in [-0.3, -0.25) is 4.79 Å². The summed E-state index contributed by atoms with van der Waals surface area (Å²) >= 11 is 0. The molecular formula is C12H24N2O. The van der Waals surface area contributed by atoms with Gasteiger partial charge in [-0.05, 0) is 25.7 Å². The van der Waals surface area contributed by atoms with Crippen LogP contribution >= 0.6 is 0 Å². The van der Waals surface area contributed by atoms with Crippen molar-refractivity contribution in [2.75, 3.05) is 6.54 Å². The van der Waals surface area contributed by atoms with Crippen LogP contribution < -0.4 is 5.73 Å². The van der Waals surface area contributed by atoms with Gasteiger partial charge in [-0.1, -0.05) is 20.8 Å². The Labute approximate surface area is 93.0 Å². The van der Waals surface area contributed by atoms with E-state index in [0.29, 0.717) is 17.9 Å². The summed E-state index contributed by atoms with van der Waals surface area (Å²) in [5, 5.41) is 0. The first-order chi connectivity index (χ1) is 6.93. The highest BCUT2D eigenvalue weighted by molar-refractivity contribution is 5.79. The Morgan fingerprint density at radius 1 is 1.40 bits per heavy atom. The Balaban J connectivity index is 2.60. The first-order valence-electron chi connectivity index (χ1n) is 5.99. The molecule has 15 heavy (non-hydrogen) atoms. The van der Waals surface area contributed by atoms with E-state index in [1.165, 1.54) is 0 Å². The van der Waals surface area contributed by atoms with Crippen molar-refractivity contribution in [2.24, 2.45) is 17.6 Å². The van der Waals surface area contributed by atoms with Gasteiger partial charge in [0.05, 0.1) is 0 Å². The molecule has 0 aliphatic carbocycles. The molecule has 88 valence electrons. The number of nitrogens with two attached hydrogens (primary N) is 1. The van der Waals surface area contributed by atoms with Crippen molar-refractivity contribution in [3.05, 3.63) is 0 Å². The second-order valence-corrected chi connectivity index (χ2v) is 5.20. The van der Waals surface area contributed by atoms with E-state index in [4.69, 9.17) is 5.73 Å². The standard InChI is InChI=1S/C12H24N2O/c1-8(2)10(4)12(15)14-6-5-11(13)7-9(14)3/h8-11H,5-7,13H2,1-4H3. The molecule has 0 aromatic heterocycles. The maximum absolute atomic E-state index is 12.1. The van der Waals surface area contributed by atoms with Gasteiger partial charge >= 0.3 is 0 Å². The molecule has 0 aromatic carbocycles. The van der Waals surface area contributed by atoms with Gasteiger partial charge in [0, 0.05) is 24.5 Å². The summed E-state index contributed by atoms with van der Waals surface area (Å²) in [6.07, 6.45) is 1.89. The van der Waals surface area contributed by atoms with E-state index in [0.717, 1.165) is 19.4 Å². The van der Waals surface area contributed by atoms with E-state index in [2.05, 4.69) is 20.8 Å². The minimum Gasteiger partial charge on any atom is -0.340 e. The Morgan fingerprint density at radius 3 is 2.47 bits per heavy atom. The summed E-state index contributed by atoms with van der Waals surface area (Å²) < 4.78 is 0. The molecule has 0 aromatic rings. The van der Waals surface area contributed by atoms with Crippen LogP contribution in [-0.4, -0.2) is 29.4 Å². The topological polar surface area (TPSA) is 46.3 Å². The average Bonchev–Trinajstić information content (AvgIpc) is 2.15. The second kappa shape index (κ2) is 4.97. The molecule has 1 aliphatic rings. The first-order valence-corrected chi connectivity index (χ1v) is 5.99. The van der Waals surface area contributed by atoms with Gasteiger partial charge in [0.2, 0.25) is 5.91 Å². The van der Waals surface area contributed by atoms with Crippen molar-refractivity contribution in [3.63, 3.8) is 0 Å². The van der Waals surface area contributed by atoms with Crippen LogP contribution in [0.3, 0.4) is 0 Å². The molecule has 3 atom stereocenters. The third-order valence-electron chi connectivity index (χ3n) is 3.59. The zero-order chi connectivity index (χ0) is 11.6. The fourth-order valence-electron chi connectivity index (χ4n) is 2.08. The number of amides is 1. The molecule has 1 saturated heterocycles. The van der Waals surface area contributed by atoms with Crippen molar-refractivity contribution in [1.82, 2.24) is 4.90 Å². The smallest absolute Gasteiger partial charge is 0.225 e. The fraction of sp³-hybridized carbons (Fsp3) is 0.917. The first kappa shape index (κ1) is 12.5. The molecule has 1 amide bonds. The van der Waals surface area contributed by atoms with Crippen molar-refractivity contribution < 1.29 is 4.79 Å². The van der Waals surface area contributed by atoms with Gasteiger partial charge in [-0.15, -0.1) is 0 Å². The van der Waals surface area contributed by atoms with Crippen LogP contribution in [-0.2, 0) is 4.79 Å². The molecule has 3 unspecified atom stereocenters. The van der Waals surface area contributed by atoms with Crippen molar-refractivity contribution in [1.29, 1.82) is 0 Å². The summed E-state index contributed by atoms with van der Waals surface area (Å²) in [5.74, 6) is 0.839. The Bertz CT molecular complexity index is 228. The monoisotopic (exact) mass is 212 g/mol. The Hall–Kier alpha value is -0.570. The van der Waals surface area contributed by atoms with Crippen LogP contribution in [0.25, 0.3) is 0 Å². The second-order valence-electron chi connectivity index (χ2n) is 5.20. The molecule has 0 saturated carbocycles. The molecule has 1 heterocycles. The van der Waals surface area contributed by atoms with E-state index in [1.807, 2.05) is 11.8 Å². The van der Waals surface area contributed by atoms with E-state index >= 15 is 0 Å². The molecule has 1 rings (SSSR count). The summed E-state index contributed by atoms with van der Waals surface area (Å²) in [7, 11) is 0. The molecule has 0 bridgehead atoms. The highest BCUT2D eigenvalue weighted by Gasteiger charge is 2.30. The minimum atomic E-state index is 0.127. The number of hydrogen-bond acceptors (Lipinski definition) is 2. The molecule has 2 N–H and O–H groups in total. The van der Waals surface area contributed by atoms with Gasteiger partial charge in [0.15, 0.2) is 0 Å². The van der Waals surface area contributed by atoms with Gasteiger partial charge in [-0.25, -0.2) is 0 Å². The number of piperidine rings is 1. The minimum absolute atomic E-state index is 0.127. The Morgan fingerprint density at radius 2 is 2.00 bits per heavy atom. The van der Waals surface area contributed by atoms with Gasteiger partial charge < -0.3 is 10.6 Å². The maximum Gasteiger partial charge on any atom is 0.225 e. The van der Waals surface area contributed by atoms with E-state index < -0.39 is 0 Å². The van der Waals surface area contributed by atoms with Crippen molar-refractivity contribution >= 4 is 5.91 Å². The van der Waals surface area contributed by atoms with Crippen LogP contribution in [0.4, 0.5) is 0 Å². The molecular weight excluding hydrogens is 188 g/mol. The molecule has 0 radical (unpaired) electrons. The number of nitrogens with zero attached hydrogens (tertiary/aromatic N) is 1. The lowest BCUT2D eigenvalue weighted by Gasteiger charge is -2.38. The number of rotatable bonds is 2. The third-order valence-corrected chi connectivity index (χ3v) is 3.59. The number of carbonyl (C=O) groups excluding carboxylic acids is 1. The quantitative estimate of drug-likeness (QED) is 0.756. The SMILES string of the molecule is CC(C)C(C)C(=O)N1CCC(N)CC1C. The summed E-state index contributed by atoms with van der Waals surface area (Å²) in [6.45, 7) is 9.16. The van der Waals surface area contributed by atoms with Crippen LogP contribution in [0.1, 0.15) is 40.5 Å². The summed E-state index contributed by atoms with van der Waals surface area (Å²) in [4.78, 5) is 14.1. The maximum atomic E-state index is 12.1. The third kappa shape index (κ3) is 2.94. The predicted octanol–water partition coefficient (Wildman–Crippen LogP) is 1.62. The number of likely N-dealkylation sites (tertiary alicyclic amines) is 1. The summed E-state index contributed by atoms with van der Waals surface area (Å²) in [5.41, 5.74) is 5.89. The Kier molecular flexibility index (Phi) is 4.14. The van der Waals surface area contributed by atoms with Crippen molar-refractivity contribution in [2.45, 2.75) is 52.6 Å². The number of carbonyl (C=O) groups is 1. The zero-order valence-corrected chi connectivity index (χ0v) is 10.4. The van der Waals surface area contributed by atoms with Crippen LogP contribution in [0.5, 0.6) is 0 Å². The highest BCUT2D eigenvalue weighted by atomic mass is 16.2. The molecule has 3 heteroatoms. The lowest BCUT2D eigenvalue weighted by molar-refractivity contribution is -0.139. The zero-order valence-electron chi connectivity index (χ0n) is 10.4. The van der Waals surface area contributed by atoms with Gasteiger partial charge in [-0.2, -0.15) is 0 Å². The highest BCUT2D eigenvalue weighted by Crippen LogP contribution is 2.21. The van der Waals surface area contributed by atoms with Gasteiger partial charge in [0.1, 0.15) is 0 Å². The lowest BCUT2D eigenvalue weighted by Crippen LogP contribution is -2.50. The van der Waals surface area contributed by atoms with Crippen molar-refractivity contribution in [3.8, 4) is 0 Å². The normalized spacial score (nSPS) is 29.3. The lowest BCUT2D eigenvalue weighted by atomic mass is 9.92. The van der Waals surface area contributed by atoms with Gasteiger partial charge in [0.25, 0.3) is 0 Å². The number of hydrogen-bond donors (Lipinski definition) is 1. The van der Waals surface area contributed by atoms with E-state index in [1.54, 1.807) is 0 Å². The molecule has 1 aliphatic heterocycles. The predicted molar refractivity (Wildman–Crippen MR) is 62.4 cm³/mol. The molecule has 1 fully saturated rings. The molecule has 0 spiro atoms. The van der Waals surface area contributed by atoms with Crippen LogP contribution in [0, 0.1) is 11.8 Å². The van der Waals surface area contributed by atoms with E-state index in [-0.39, 0.29) is 12.0 Å². The molecule has 3 nitrogen and oxygen atoms in total. The van der Waals surface area contributed by atoms with E-state index in [9.17, 15) is 4.79 Å². The van der Waals surface area contributed by atoms with Crippen LogP contribution in [0.15, 0.2) is 0 Å². The van der Waals surface area contributed by atoms with Crippen LogP contribution in [0.2, 0.25) is 0 Å².